The number of hydrogen-bond donors (Lipinski definition) is 1. The van der Waals surface area contributed by atoms with Crippen LogP contribution in [0.2, 0.25) is 0 Å². The van der Waals surface area contributed by atoms with Crippen molar-refractivity contribution < 1.29 is 13.9 Å². The molecule has 2 aromatic heterocycles. The van der Waals surface area contributed by atoms with E-state index in [4.69, 9.17) is 14.5 Å². The third-order valence-corrected chi connectivity index (χ3v) is 4.65. The van der Waals surface area contributed by atoms with E-state index in [0.717, 1.165) is 10.9 Å². The Morgan fingerprint density at radius 3 is 2.60 bits per heavy atom. The molecule has 6 nitrogen and oxygen atoms in total. The molecule has 2 aromatic carbocycles. The van der Waals surface area contributed by atoms with E-state index in [0.29, 0.717) is 47.2 Å². The van der Waals surface area contributed by atoms with Gasteiger partial charge in [0.1, 0.15) is 29.5 Å². The fraction of sp³-hybridized carbons (Fsp3) is 0.174. The number of pyridine rings is 1. The minimum atomic E-state index is -0.307. The summed E-state index contributed by atoms with van der Waals surface area (Å²) < 4.78 is 25.5. The van der Waals surface area contributed by atoms with Crippen LogP contribution in [-0.2, 0) is 4.74 Å². The molecule has 0 aliphatic rings. The van der Waals surface area contributed by atoms with Crippen LogP contribution in [-0.4, -0.2) is 42.3 Å². The number of anilines is 1. The van der Waals surface area contributed by atoms with Crippen LogP contribution in [0.1, 0.15) is 0 Å². The summed E-state index contributed by atoms with van der Waals surface area (Å²) in [6.45, 7) is 0.762. The van der Waals surface area contributed by atoms with E-state index in [1.807, 2.05) is 18.2 Å². The van der Waals surface area contributed by atoms with Gasteiger partial charge in [-0.15, -0.1) is 0 Å². The molecule has 0 fully saturated rings. The summed E-state index contributed by atoms with van der Waals surface area (Å²) >= 11 is 0. The molecule has 0 spiro atoms. The predicted molar refractivity (Wildman–Crippen MR) is 115 cm³/mol. The largest absolute Gasteiger partial charge is 0.489 e. The van der Waals surface area contributed by atoms with Gasteiger partial charge in [0.25, 0.3) is 0 Å². The molecular weight excluding hydrogens is 383 g/mol. The Kier molecular flexibility index (Phi) is 5.81. The Bertz CT molecular complexity index is 1170. The summed E-state index contributed by atoms with van der Waals surface area (Å²) in [6.07, 6.45) is 3.41. The quantitative estimate of drug-likeness (QED) is 0.455. The Morgan fingerprint density at radius 2 is 1.87 bits per heavy atom. The van der Waals surface area contributed by atoms with Gasteiger partial charge in [-0.2, -0.15) is 0 Å². The van der Waals surface area contributed by atoms with Gasteiger partial charge in [-0.3, -0.25) is 4.98 Å². The molecule has 4 aromatic rings. The van der Waals surface area contributed by atoms with Crippen LogP contribution in [0.15, 0.2) is 60.9 Å². The number of methoxy groups -OCH3 is 1. The molecule has 0 unspecified atom stereocenters. The summed E-state index contributed by atoms with van der Waals surface area (Å²) in [7, 11) is 3.40. The number of rotatable bonds is 7. The van der Waals surface area contributed by atoms with Crippen LogP contribution < -0.4 is 10.1 Å². The van der Waals surface area contributed by atoms with Crippen molar-refractivity contribution in [3.8, 4) is 28.3 Å². The minimum Gasteiger partial charge on any atom is -0.489 e. The molecule has 4 rings (SSSR count). The zero-order chi connectivity index (χ0) is 20.9. The number of hydrogen-bond acceptors (Lipinski definition) is 6. The van der Waals surface area contributed by atoms with Crippen LogP contribution in [0.4, 0.5) is 10.2 Å². The van der Waals surface area contributed by atoms with Crippen LogP contribution >= 0.6 is 0 Å². The van der Waals surface area contributed by atoms with Gasteiger partial charge in [-0.25, -0.2) is 14.4 Å². The molecule has 0 atom stereocenters. The SMILES string of the molecule is CNc1nc(-c2cccnc2)nc2c(OCCOC)cc(-c3ccccc3F)cc12. The smallest absolute Gasteiger partial charge is 0.163 e. The highest BCUT2D eigenvalue weighted by atomic mass is 19.1. The van der Waals surface area contributed by atoms with Crippen molar-refractivity contribution in [3.05, 3.63) is 66.7 Å². The first kappa shape index (κ1) is 19.7. The maximum atomic E-state index is 14.5. The number of aromatic nitrogens is 3. The van der Waals surface area contributed by atoms with Crippen molar-refractivity contribution in [1.82, 2.24) is 15.0 Å². The second-order valence-corrected chi connectivity index (χ2v) is 6.58. The molecular formula is C23H21FN4O2. The highest BCUT2D eigenvalue weighted by Gasteiger charge is 2.16. The van der Waals surface area contributed by atoms with Gasteiger partial charge < -0.3 is 14.8 Å². The van der Waals surface area contributed by atoms with Crippen LogP contribution in [0.25, 0.3) is 33.4 Å². The van der Waals surface area contributed by atoms with Gasteiger partial charge >= 0.3 is 0 Å². The Morgan fingerprint density at radius 1 is 1.00 bits per heavy atom. The molecule has 7 heteroatoms. The van der Waals surface area contributed by atoms with Crippen LogP contribution in [0.5, 0.6) is 5.75 Å². The van der Waals surface area contributed by atoms with Gasteiger partial charge in [0.05, 0.1) is 6.61 Å². The normalized spacial score (nSPS) is 10.9. The fourth-order valence-corrected chi connectivity index (χ4v) is 3.21. The van der Waals surface area contributed by atoms with E-state index in [9.17, 15) is 4.39 Å². The molecule has 2 heterocycles. The Labute approximate surface area is 173 Å². The zero-order valence-corrected chi connectivity index (χ0v) is 16.7. The second kappa shape index (κ2) is 8.84. The Balaban J connectivity index is 1.94. The molecule has 0 bridgehead atoms. The fourth-order valence-electron chi connectivity index (χ4n) is 3.21. The molecule has 0 radical (unpaired) electrons. The molecule has 0 amide bonds. The molecule has 0 saturated carbocycles. The van der Waals surface area contributed by atoms with E-state index in [-0.39, 0.29) is 5.82 Å². The first-order valence-corrected chi connectivity index (χ1v) is 9.52. The number of benzene rings is 2. The van der Waals surface area contributed by atoms with Crippen molar-refractivity contribution in [2.24, 2.45) is 0 Å². The summed E-state index contributed by atoms with van der Waals surface area (Å²) in [5.41, 5.74) is 2.58. The van der Waals surface area contributed by atoms with E-state index < -0.39 is 0 Å². The average Bonchev–Trinajstić information content (AvgIpc) is 2.79. The highest BCUT2D eigenvalue weighted by Crippen LogP contribution is 2.36. The topological polar surface area (TPSA) is 69.2 Å². The lowest BCUT2D eigenvalue weighted by molar-refractivity contribution is 0.147. The summed E-state index contributed by atoms with van der Waals surface area (Å²) in [5, 5.41) is 3.86. The number of fused-ring (bicyclic) bond motifs is 1. The molecule has 30 heavy (non-hydrogen) atoms. The second-order valence-electron chi connectivity index (χ2n) is 6.58. The molecule has 0 aliphatic heterocycles. The van der Waals surface area contributed by atoms with Crippen molar-refractivity contribution >= 4 is 16.7 Å². The van der Waals surface area contributed by atoms with Gasteiger partial charge in [0, 0.05) is 43.1 Å². The van der Waals surface area contributed by atoms with E-state index in [2.05, 4.69) is 15.3 Å². The van der Waals surface area contributed by atoms with Crippen LogP contribution in [0.3, 0.4) is 0 Å². The molecule has 0 saturated heterocycles. The predicted octanol–water partition coefficient (Wildman–Crippen LogP) is 4.56. The van der Waals surface area contributed by atoms with Gasteiger partial charge in [0.15, 0.2) is 5.82 Å². The average molecular weight is 404 g/mol. The third kappa shape index (κ3) is 3.92. The lowest BCUT2D eigenvalue weighted by Gasteiger charge is -2.15. The lowest BCUT2D eigenvalue weighted by atomic mass is 10.0. The molecule has 0 aliphatic carbocycles. The maximum absolute atomic E-state index is 14.5. The van der Waals surface area contributed by atoms with E-state index in [1.165, 1.54) is 6.07 Å². The van der Waals surface area contributed by atoms with E-state index >= 15 is 0 Å². The summed E-state index contributed by atoms with van der Waals surface area (Å²) in [5.74, 6) is 1.37. The number of nitrogens with zero attached hydrogens (tertiary/aromatic N) is 3. The maximum Gasteiger partial charge on any atom is 0.163 e. The Hall–Kier alpha value is -3.58. The molecule has 152 valence electrons. The number of halogens is 1. The number of ether oxygens (including phenoxy) is 2. The third-order valence-electron chi connectivity index (χ3n) is 4.65. The monoisotopic (exact) mass is 404 g/mol. The summed E-state index contributed by atoms with van der Waals surface area (Å²) in [4.78, 5) is 13.5. The first-order chi connectivity index (χ1) is 14.7. The number of nitrogens with one attached hydrogen (secondary N) is 1. The van der Waals surface area contributed by atoms with Gasteiger partial charge in [-0.1, -0.05) is 18.2 Å². The van der Waals surface area contributed by atoms with E-state index in [1.54, 1.807) is 50.8 Å². The van der Waals surface area contributed by atoms with Crippen molar-refractivity contribution in [3.63, 3.8) is 0 Å². The van der Waals surface area contributed by atoms with Crippen LogP contribution in [0, 0.1) is 5.82 Å². The summed E-state index contributed by atoms with van der Waals surface area (Å²) in [6, 6.07) is 14.0. The van der Waals surface area contributed by atoms with Crippen molar-refractivity contribution in [2.45, 2.75) is 0 Å². The van der Waals surface area contributed by atoms with Gasteiger partial charge in [-0.05, 0) is 35.9 Å². The minimum absolute atomic E-state index is 0.307. The lowest BCUT2D eigenvalue weighted by Crippen LogP contribution is -2.06. The standard InChI is InChI=1S/C23H21FN4O2/c1-25-23-18-12-16(17-7-3-4-8-19(17)24)13-20(30-11-10-29-2)21(18)27-22(28-23)15-6-5-9-26-14-15/h3-9,12-14H,10-11H2,1-2H3,(H,25,27,28). The highest BCUT2D eigenvalue weighted by molar-refractivity contribution is 5.97. The molecule has 1 N–H and O–H groups in total. The van der Waals surface area contributed by atoms with Crippen molar-refractivity contribution in [1.29, 1.82) is 0 Å². The van der Waals surface area contributed by atoms with Crippen molar-refractivity contribution in [2.75, 3.05) is 32.7 Å². The zero-order valence-electron chi connectivity index (χ0n) is 16.7. The first-order valence-electron chi connectivity index (χ1n) is 9.52. The van der Waals surface area contributed by atoms with Gasteiger partial charge in [0.2, 0.25) is 0 Å².